The molecular weight excluding hydrogens is 230 g/mol. The van der Waals surface area contributed by atoms with E-state index in [0.717, 1.165) is 16.3 Å². The number of aryl methyl sites for hydroxylation is 1. The number of nitroso groups, excluding NO2 is 1. The normalized spacial score (nSPS) is 11.2. The van der Waals surface area contributed by atoms with Gasteiger partial charge in [-0.15, -0.1) is 4.91 Å². The van der Waals surface area contributed by atoms with Gasteiger partial charge in [-0.3, -0.25) is 0 Å². The van der Waals surface area contributed by atoms with Crippen LogP contribution in [-0.2, 0) is 0 Å². The summed E-state index contributed by atoms with van der Waals surface area (Å²) in [6, 6.07) is 7.20. The number of nitrogens with two attached hydrogens (primary N) is 2. The molecule has 2 aromatic carbocycles. The first-order chi connectivity index (χ1) is 8.63. The topological polar surface area (TPSA) is 94.6 Å². The maximum Gasteiger partial charge on any atom is 0.160 e. The monoisotopic (exact) mass is 241 g/mol. The number of benzene rings is 2. The molecular formula is C13H11N3O2. The summed E-state index contributed by atoms with van der Waals surface area (Å²) in [4.78, 5) is 10.6. The fourth-order valence-corrected chi connectivity index (χ4v) is 2.11. The van der Waals surface area contributed by atoms with Gasteiger partial charge < -0.3 is 15.9 Å². The summed E-state index contributed by atoms with van der Waals surface area (Å²) in [5.41, 5.74) is 14.8. The van der Waals surface area contributed by atoms with Crippen LogP contribution in [-0.4, -0.2) is 0 Å². The van der Waals surface area contributed by atoms with Crippen molar-refractivity contribution in [3.63, 3.8) is 0 Å². The Morgan fingerprint density at radius 1 is 1.00 bits per heavy atom. The number of rotatable bonds is 1. The van der Waals surface area contributed by atoms with Crippen molar-refractivity contribution in [2.75, 3.05) is 11.5 Å². The van der Waals surface area contributed by atoms with Crippen molar-refractivity contribution in [1.29, 1.82) is 0 Å². The molecule has 4 N–H and O–H groups in total. The Kier molecular flexibility index (Phi) is 2.04. The zero-order chi connectivity index (χ0) is 12.9. The molecule has 0 atom stereocenters. The zero-order valence-corrected chi connectivity index (χ0v) is 9.73. The third-order valence-electron chi connectivity index (χ3n) is 3.18. The molecule has 5 nitrogen and oxygen atoms in total. The first-order valence-electron chi connectivity index (χ1n) is 5.46. The predicted molar refractivity (Wildman–Crippen MR) is 72.7 cm³/mol. The minimum absolute atomic E-state index is 0.178. The number of anilines is 2. The van der Waals surface area contributed by atoms with Gasteiger partial charge in [0.25, 0.3) is 0 Å². The number of nitrogen functional groups attached to an aromatic ring is 2. The molecule has 0 aliphatic carbocycles. The molecule has 1 aromatic heterocycles. The van der Waals surface area contributed by atoms with E-state index in [1.165, 1.54) is 0 Å². The Morgan fingerprint density at radius 2 is 1.61 bits per heavy atom. The second-order valence-corrected chi connectivity index (χ2v) is 4.24. The van der Waals surface area contributed by atoms with Gasteiger partial charge in [0.1, 0.15) is 11.4 Å². The predicted octanol–water partition coefficient (Wildman–Crippen LogP) is 3.46. The Bertz CT molecular complexity index is 790. The number of fused-ring (bicyclic) bond motifs is 3. The molecule has 0 amide bonds. The molecule has 0 bridgehead atoms. The van der Waals surface area contributed by atoms with Crippen molar-refractivity contribution >= 4 is 39.0 Å². The lowest BCUT2D eigenvalue weighted by Crippen LogP contribution is -1.88. The summed E-state index contributed by atoms with van der Waals surface area (Å²) in [6.45, 7) is 1.91. The van der Waals surface area contributed by atoms with Crippen LogP contribution in [0.25, 0.3) is 21.9 Å². The van der Waals surface area contributed by atoms with Crippen LogP contribution in [0.5, 0.6) is 0 Å². The maximum atomic E-state index is 10.6. The largest absolute Gasteiger partial charge is 0.452 e. The SMILES string of the molecule is Cc1ccc2c(oc3c(N)c(N=O)ccc32)c1N. The molecule has 0 fully saturated rings. The quantitative estimate of drug-likeness (QED) is 0.503. The van der Waals surface area contributed by atoms with Gasteiger partial charge in [-0.2, -0.15) is 0 Å². The van der Waals surface area contributed by atoms with Gasteiger partial charge in [-0.1, -0.05) is 12.1 Å². The molecule has 90 valence electrons. The van der Waals surface area contributed by atoms with Crippen molar-refractivity contribution in [3.05, 3.63) is 34.7 Å². The highest BCUT2D eigenvalue weighted by molar-refractivity contribution is 6.13. The van der Waals surface area contributed by atoms with Gasteiger partial charge in [0, 0.05) is 10.8 Å². The van der Waals surface area contributed by atoms with Gasteiger partial charge >= 0.3 is 0 Å². The molecule has 1 heterocycles. The standard InChI is InChI=1S/C13H11N3O2/c1-6-2-3-7-8-4-5-9(16-17)11(15)13(8)18-12(7)10(6)14/h2-5H,14-15H2,1H3. The summed E-state index contributed by atoms with van der Waals surface area (Å²) < 4.78 is 5.69. The van der Waals surface area contributed by atoms with Crippen LogP contribution < -0.4 is 11.5 Å². The molecule has 0 aliphatic rings. The Hall–Kier alpha value is -2.56. The second-order valence-electron chi connectivity index (χ2n) is 4.24. The molecule has 18 heavy (non-hydrogen) atoms. The first-order valence-corrected chi connectivity index (χ1v) is 5.46. The van der Waals surface area contributed by atoms with Gasteiger partial charge in [-0.05, 0) is 29.8 Å². The highest BCUT2D eigenvalue weighted by Crippen LogP contribution is 2.39. The van der Waals surface area contributed by atoms with Crippen molar-refractivity contribution < 1.29 is 4.42 Å². The van der Waals surface area contributed by atoms with Gasteiger partial charge in [0.05, 0.1) is 5.69 Å². The van der Waals surface area contributed by atoms with Crippen LogP contribution in [0.4, 0.5) is 17.1 Å². The third-order valence-corrected chi connectivity index (χ3v) is 3.18. The molecule has 0 saturated carbocycles. The number of furan rings is 1. The summed E-state index contributed by atoms with van der Waals surface area (Å²) >= 11 is 0. The molecule has 5 heteroatoms. The van der Waals surface area contributed by atoms with Crippen molar-refractivity contribution in [2.45, 2.75) is 6.92 Å². The van der Waals surface area contributed by atoms with Crippen molar-refractivity contribution in [1.82, 2.24) is 0 Å². The summed E-state index contributed by atoms with van der Waals surface area (Å²) in [6.07, 6.45) is 0. The third kappa shape index (κ3) is 1.21. The van der Waals surface area contributed by atoms with E-state index in [2.05, 4.69) is 5.18 Å². The lowest BCUT2D eigenvalue weighted by atomic mass is 10.1. The average molecular weight is 241 g/mol. The minimum atomic E-state index is 0.178. The lowest BCUT2D eigenvalue weighted by molar-refractivity contribution is 0.671. The van der Waals surface area contributed by atoms with E-state index in [-0.39, 0.29) is 11.4 Å². The van der Waals surface area contributed by atoms with Crippen LogP contribution >= 0.6 is 0 Å². The van der Waals surface area contributed by atoms with E-state index < -0.39 is 0 Å². The summed E-state index contributed by atoms with van der Waals surface area (Å²) in [5, 5.41) is 4.59. The average Bonchev–Trinajstić information content (AvgIpc) is 2.75. The van der Waals surface area contributed by atoms with E-state index in [0.29, 0.717) is 16.9 Å². The van der Waals surface area contributed by atoms with Gasteiger partial charge in [0.2, 0.25) is 0 Å². The summed E-state index contributed by atoms with van der Waals surface area (Å²) in [7, 11) is 0. The zero-order valence-electron chi connectivity index (χ0n) is 9.73. The van der Waals surface area contributed by atoms with Crippen molar-refractivity contribution in [3.8, 4) is 0 Å². The van der Waals surface area contributed by atoms with Crippen molar-refractivity contribution in [2.24, 2.45) is 5.18 Å². The Balaban J connectivity index is 2.54. The lowest BCUT2D eigenvalue weighted by Gasteiger charge is -1.98. The fraction of sp³-hybridized carbons (Fsp3) is 0.0769. The number of hydrogen-bond acceptors (Lipinski definition) is 5. The number of hydrogen-bond donors (Lipinski definition) is 2. The molecule has 3 aromatic rings. The van der Waals surface area contributed by atoms with E-state index in [1.54, 1.807) is 12.1 Å². The number of nitrogens with zero attached hydrogens (tertiary/aromatic N) is 1. The smallest absolute Gasteiger partial charge is 0.160 e. The van der Waals surface area contributed by atoms with E-state index in [9.17, 15) is 4.91 Å². The maximum absolute atomic E-state index is 10.6. The molecule has 0 saturated heterocycles. The molecule has 3 rings (SSSR count). The Morgan fingerprint density at radius 3 is 2.28 bits per heavy atom. The fourth-order valence-electron chi connectivity index (χ4n) is 2.11. The second kappa shape index (κ2) is 3.46. The molecule has 0 spiro atoms. The van der Waals surface area contributed by atoms with E-state index >= 15 is 0 Å². The molecule has 0 unspecified atom stereocenters. The van der Waals surface area contributed by atoms with Crippen LogP contribution in [0.3, 0.4) is 0 Å². The van der Waals surface area contributed by atoms with Gasteiger partial charge in [0.15, 0.2) is 11.2 Å². The summed E-state index contributed by atoms with van der Waals surface area (Å²) in [5.74, 6) is 0. The van der Waals surface area contributed by atoms with Crippen LogP contribution in [0, 0.1) is 11.8 Å². The Labute approximate surface area is 102 Å². The highest BCUT2D eigenvalue weighted by atomic mass is 16.3. The first kappa shape index (κ1) is 10.6. The molecule has 0 aliphatic heterocycles. The molecule has 0 radical (unpaired) electrons. The van der Waals surface area contributed by atoms with E-state index in [4.69, 9.17) is 15.9 Å². The van der Waals surface area contributed by atoms with E-state index in [1.807, 2.05) is 19.1 Å². The highest BCUT2D eigenvalue weighted by Gasteiger charge is 2.15. The van der Waals surface area contributed by atoms with Crippen LogP contribution in [0.1, 0.15) is 5.56 Å². The van der Waals surface area contributed by atoms with Gasteiger partial charge in [-0.25, -0.2) is 0 Å². The van der Waals surface area contributed by atoms with Crippen LogP contribution in [0.2, 0.25) is 0 Å². The van der Waals surface area contributed by atoms with Crippen LogP contribution in [0.15, 0.2) is 33.9 Å². The minimum Gasteiger partial charge on any atom is -0.452 e.